The lowest BCUT2D eigenvalue weighted by Gasteiger charge is -2.15. The highest BCUT2D eigenvalue weighted by Gasteiger charge is 2.10. The third kappa shape index (κ3) is 6.79. The van der Waals surface area contributed by atoms with Gasteiger partial charge >= 0.3 is 11.9 Å². The Bertz CT molecular complexity index is 452. The number of carboxylic acids is 2. The largest absolute Gasteiger partial charge is 0.482 e. The van der Waals surface area contributed by atoms with Gasteiger partial charge in [0.15, 0.2) is 6.61 Å². The number of hydrogen-bond donors (Lipinski definition) is 2. The molecule has 1 atom stereocenters. The molecule has 0 aliphatic rings. The molecule has 116 valence electrons. The van der Waals surface area contributed by atoms with Crippen LogP contribution in [0.1, 0.15) is 50.5 Å². The van der Waals surface area contributed by atoms with Gasteiger partial charge in [-0.1, -0.05) is 25.5 Å². The van der Waals surface area contributed by atoms with Gasteiger partial charge in [0.2, 0.25) is 0 Å². The highest BCUT2D eigenvalue weighted by molar-refractivity contribution is 5.68. The summed E-state index contributed by atoms with van der Waals surface area (Å²) >= 11 is 0. The maximum absolute atomic E-state index is 10.5. The van der Waals surface area contributed by atoms with Crippen LogP contribution in [0, 0.1) is 0 Å². The van der Waals surface area contributed by atoms with Gasteiger partial charge in [0.05, 0.1) is 0 Å². The highest BCUT2D eigenvalue weighted by atomic mass is 16.5. The molecule has 21 heavy (non-hydrogen) atoms. The molecule has 2 N–H and O–H groups in total. The molecule has 0 radical (unpaired) electrons. The van der Waals surface area contributed by atoms with Gasteiger partial charge in [0.1, 0.15) is 5.75 Å². The lowest BCUT2D eigenvalue weighted by molar-refractivity contribution is -0.139. The fourth-order valence-corrected chi connectivity index (χ4v) is 2.25. The molecule has 0 aromatic heterocycles. The van der Waals surface area contributed by atoms with Crippen molar-refractivity contribution in [2.24, 2.45) is 0 Å². The Morgan fingerprint density at radius 2 is 1.76 bits per heavy atom. The summed E-state index contributed by atoms with van der Waals surface area (Å²) in [5, 5.41) is 17.2. The quantitative estimate of drug-likeness (QED) is 0.647. The van der Waals surface area contributed by atoms with E-state index >= 15 is 0 Å². The Kier molecular flexibility index (Phi) is 7.29. The third-order valence-corrected chi connectivity index (χ3v) is 3.40. The number of rotatable bonds is 10. The van der Waals surface area contributed by atoms with Crippen molar-refractivity contribution < 1.29 is 24.5 Å². The number of unbranched alkanes of at least 4 members (excludes halogenated alkanes) is 1. The monoisotopic (exact) mass is 294 g/mol. The zero-order chi connectivity index (χ0) is 15.7. The van der Waals surface area contributed by atoms with Crippen LogP contribution in [0.2, 0.25) is 0 Å². The van der Waals surface area contributed by atoms with Gasteiger partial charge in [-0.05, 0) is 42.9 Å². The molecule has 0 saturated heterocycles. The molecule has 5 heteroatoms. The van der Waals surface area contributed by atoms with Crippen molar-refractivity contribution in [2.45, 2.75) is 44.9 Å². The molecule has 0 fully saturated rings. The lowest BCUT2D eigenvalue weighted by Crippen LogP contribution is -2.09. The summed E-state index contributed by atoms with van der Waals surface area (Å²) in [4.78, 5) is 20.9. The standard InChI is InChI=1S/C16H22O5/c1-2-12(5-3-4-6-15(17)18)13-7-9-14(10-8-13)21-11-16(19)20/h7-10,12H,2-6,11H2,1H3,(H,17,18)(H,19,20). The summed E-state index contributed by atoms with van der Waals surface area (Å²) in [6.45, 7) is 1.77. The van der Waals surface area contributed by atoms with Gasteiger partial charge in [-0.3, -0.25) is 4.79 Å². The summed E-state index contributed by atoms with van der Waals surface area (Å²) < 4.78 is 5.10. The van der Waals surface area contributed by atoms with E-state index in [2.05, 4.69) is 6.92 Å². The van der Waals surface area contributed by atoms with Gasteiger partial charge in [-0.2, -0.15) is 0 Å². The van der Waals surface area contributed by atoms with Crippen LogP contribution in [0.4, 0.5) is 0 Å². The summed E-state index contributed by atoms with van der Waals surface area (Å²) in [6.07, 6.45) is 3.76. The minimum Gasteiger partial charge on any atom is -0.482 e. The van der Waals surface area contributed by atoms with Gasteiger partial charge in [0, 0.05) is 6.42 Å². The number of benzene rings is 1. The van der Waals surface area contributed by atoms with Crippen molar-refractivity contribution in [1.82, 2.24) is 0 Å². The average Bonchev–Trinajstić information content (AvgIpc) is 2.46. The van der Waals surface area contributed by atoms with Crippen LogP contribution >= 0.6 is 0 Å². The van der Waals surface area contributed by atoms with Crippen LogP contribution in [0.25, 0.3) is 0 Å². The second-order valence-corrected chi connectivity index (χ2v) is 5.00. The number of hydrogen-bond acceptors (Lipinski definition) is 3. The summed E-state index contributed by atoms with van der Waals surface area (Å²) in [5.41, 5.74) is 1.18. The minimum absolute atomic E-state index is 0.221. The van der Waals surface area contributed by atoms with Crippen molar-refractivity contribution in [3.8, 4) is 5.75 Å². The molecule has 0 aliphatic heterocycles. The summed E-state index contributed by atoms with van der Waals surface area (Å²) in [7, 11) is 0. The first-order valence-electron chi connectivity index (χ1n) is 7.19. The second-order valence-electron chi connectivity index (χ2n) is 5.00. The Balaban J connectivity index is 2.48. The van der Waals surface area contributed by atoms with E-state index in [1.807, 2.05) is 12.1 Å². The fraction of sp³-hybridized carbons (Fsp3) is 0.500. The number of aliphatic carboxylic acids is 2. The zero-order valence-electron chi connectivity index (χ0n) is 12.2. The van der Waals surface area contributed by atoms with Crippen molar-refractivity contribution in [2.75, 3.05) is 6.61 Å². The van der Waals surface area contributed by atoms with E-state index in [1.165, 1.54) is 5.56 Å². The van der Waals surface area contributed by atoms with Gasteiger partial charge < -0.3 is 14.9 Å². The zero-order valence-corrected chi connectivity index (χ0v) is 12.2. The molecule has 1 aromatic carbocycles. The van der Waals surface area contributed by atoms with Crippen LogP contribution in [0.3, 0.4) is 0 Å². The van der Waals surface area contributed by atoms with Crippen molar-refractivity contribution in [1.29, 1.82) is 0 Å². The van der Waals surface area contributed by atoms with Gasteiger partial charge in [0.25, 0.3) is 0 Å². The smallest absolute Gasteiger partial charge is 0.341 e. The minimum atomic E-state index is -0.996. The van der Waals surface area contributed by atoms with Gasteiger partial charge in [-0.25, -0.2) is 4.79 Å². The molecule has 0 spiro atoms. The second kappa shape index (κ2) is 9.00. The highest BCUT2D eigenvalue weighted by Crippen LogP contribution is 2.27. The first-order chi connectivity index (χ1) is 10.0. The Morgan fingerprint density at radius 1 is 1.10 bits per heavy atom. The van der Waals surface area contributed by atoms with E-state index in [9.17, 15) is 9.59 Å². The molecule has 0 bridgehead atoms. The van der Waals surface area contributed by atoms with Crippen molar-refractivity contribution in [3.05, 3.63) is 29.8 Å². The fourth-order valence-electron chi connectivity index (χ4n) is 2.25. The Labute approximate surface area is 124 Å². The van der Waals surface area contributed by atoms with Crippen LogP contribution in [0.15, 0.2) is 24.3 Å². The normalized spacial score (nSPS) is 11.9. The molecule has 5 nitrogen and oxygen atoms in total. The van der Waals surface area contributed by atoms with Crippen LogP contribution in [0.5, 0.6) is 5.75 Å². The maximum atomic E-state index is 10.5. The van der Waals surface area contributed by atoms with E-state index in [0.29, 0.717) is 18.1 Å². The number of carboxylic acid groups (broad SMARTS) is 2. The van der Waals surface area contributed by atoms with E-state index < -0.39 is 11.9 Å². The number of ether oxygens (including phenoxy) is 1. The molecule has 0 aliphatic carbocycles. The predicted molar refractivity (Wildman–Crippen MR) is 78.7 cm³/mol. The first-order valence-corrected chi connectivity index (χ1v) is 7.19. The molecule has 0 amide bonds. The molecule has 0 saturated carbocycles. The van der Waals surface area contributed by atoms with Crippen molar-refractivity contribution in [3.63, 3.8) is 0 Å². The van der Waals surface area contributed by atoms with Crippen molar-refractivity contribution >= 4 is 11.9 Å². The summed E-state index contributed by atoms with van der Waals surface area (Å²) in [6, 6.07) is 7.45. The lowest BCUT2D eigenvalue weighted by atomic mass is 9.91. The van der Waals surface area contributed by atoms with Crippen LogP contribution < -0.4 is 4.74 Å². The van der Waals surface area contributed by atoms with E-state index in [-0.39, 0.29) is 13.0 Å². The molecular formula is C16H22O5. The molecule has 0 heterocycles. The van der Waals surface area contributed by atoms with Crippen LogP contribution in [-0.4, -0.2) is 28.8 Å². The van der Waals surface area contributed by atoms with Crippen LogP contribution in [-0.2, 0) is 9.59 Å². The molecular weight excluding hydrogens is 272 g/mol. The maximum Gasteiger partial charge on any atom is 0.341 e. The van der Waals surface area contributed by atoms with E-state index in [0.717, 1.165) is 19.3 Å². The van der Waals surface area contributed by atoms with E-state index in [4.69, 9.17) is 14.9 Å². The topological polar surface area (TPSA) is 83.8 Å². The molecule has 1 aromatic rings. The Morgan fingerprint density at radius 3 is 2.29 bits per heavy atom. The predicted octanol–water partition coefficient (Wildman–Crippen LogP) is 3.29. The SMILES string of the molecule is CCC(CCCCC(=O)O)c1ccc(OCC(=O)O)cc1. The van der Waals surface area contributed by atoms with Gasteiger partial charge in [-0.15, -0.1) is 0 Å². The average molecular weight is 294 g/mol. The first kappa shape index (κ1) is 17.0. The van der Waals surface area contributed by atoms with E-state index in [1.54, 1.807) is 12.1 Å². The third-order valence-electron chi connectivity index (χ3n) is 3.40. The summed E-state index contributed by atoms with van der Waals surface area (Å²) in [5.74, 6) is -0.805. The molecule has 1 rings (SSSR count). The molecule has 1 unspecified atom stereocenters. The Hall–Kier alpha value is -2.04. The number of carbonyl (C=O) groups is 2.